The number of para-hydroxylation sites is 1. The van der Waals surface area contributed by atoms with Crippen molar-refractivity contribution in [1.82, 2.24) is 20.4 Å². The van der Waals surface area contributed by atoms with E-state index in [2.05, 4.69) is 10.6 Å². The van der Waals surface area contributed by atoms with Crippen LogP contribution in [0.1, 0.15) is 12.5 Å². The molecule has 2 aromatic carbocycles. The molecule has 6 heteroatoms. The molecule has 0 bridgehead atoms. The maximum atomic E-state index is 12.2. The van der Waals surface area contributed by atoms with Crippen molar-refractivity contribution in [2.45, 2.75) is 13.3 Å². The molecule has 0 spiro atoms. The van der Waals surface area contributed by atoms with Gasteiger partial charge in [-0.1, -0.05) is 48.9 Å². The van der Waals surface area contributed by atoms with Gasteiger partial charge in [0.1, 0.15) is 0 Å². The highest BCUT2D eigenvalue weighted by Crippen LogP contribution is 2.25. The largest absolute Gasteiger partial charge is 0.355 e. The number of rotatable bonds is 8. The zero-order valence-corrected chi connectivity index (χ0v) is 16.9. The number of benzene rings is 2. The molecule has 0 fully saturated rings. The first-order valence-corrected chi connectivity index (χ1v) is 9.78. The van der Waals surface area contributed by atoms with E-state index in [-0.39, 0.29) is 11.8 Å². The smallest absolute Gasteiger partial charge is 0.224 e. The molecule has 28 heavy (non-hydrogen) atoms. The second-order valence-corrected chi connectivity index (χ2v) is 7.23. The molecule has 3 aromatic rings. The van der Waals surface area contributed by atoms with E-state index < -0.39 is 0 Å². The van der Waals surface area contributed by atoms with E-state index in [9.17, 15) is 4.79 Å². The Morgan fingerprint density at radius 3 is 2.54 bits per heavy atom. The number of aromatic nitrogens is 2. The van der Waals surface area contributed by atoms with Gasteiger partial charge >= 0.3 is 0 Å². The number of nitrogens with zero attached hydrogens (tertiary/aromatic N) is 2. The van der Waals surface area contributed by atoms with E-state index in [1.54, 1.807) is 0 Å². The summed E-state index contributed by atoms with van der Waals surface area (Å²) in [5.41, 5.74) is 3.98. The average molecular weight is 397 g/mol. The standard InChI is InChI=1S/C22H25ClN4O/c1-16(14-24-2)22(28)25-13-12-18-15-27(20-6-4-3-5-7-20)26-21(18)17-8-10-19(23)11-9-17/h3-11,15-16,24H,12-14H2,1-2H3,(H,25,28). The number of hydrogen-bond acceptors (Lipinski definition) is 3. The molecule has 0 aliphatic heterocycles. The van der Waals surface area contributed by atoms with Crippen molar-refractivity contribution in [2.24, 2.45) is 5.92 Å². The quantitative estimate of drug-likeness (QED) is 0.610. The Balaban J connectivity index is 1.81. The Morgan fingerprint density at radius 2 is 1.86 bits per heavy atom. The first kappa shape index (κ1) is 20.1. The molecule has 3 rings (SSSR count). The predicted octanol–water partition coefficient (Wildman–Crippen LogP) is 3.71. The van der Waals surface area contributed by atoms with Crippen LogP contribution in [0.15, 0.2) is 60.8 Å². The molecule has 146 valence electrons. The Labute approximate surface area is 170 Å². The third kappa shape index (κ3) is 5.00. The normalized spacial score (nSPS) is 12.0. The third-order valence-electron chi connectivity index (χ3n) is 4.58. The van der Waals surface area contributed by atoms with Gasteiger partial charge < -0.3 is 10.6 Å². The fourth-order valence-corrected chi connectivity index (χ4v) is 3.18. The van der Waals surface area contributed by atoms with Crippen molar-refractivity contribution in [3.05, 3.63) is 71.4 Å². The van der Waals surface area contributed by atoms with E-state index in [0.717, 1.165) is 22.5 Å². The SMILES string of the molecule is CNCC(C)C(=O)NCCc1cn(-c2ccccc2)nc1-c1ccc(Cl)cc1. The van der Waals surface area contributed by atoms with Gasteiger partial charge in [-0.25, -0.2) is 4.68 Å². The molecule has 5 nitrogen and oxygen atoms in total. The Morgan fingerprint density at radius 1 is 1.14 bits per heavy atom. The molecule has 0 aliphatic carbocycles. The molecule has 1 atom stereocenters. The molecule has 1 aromatic heterocycles. The molecule has 2 N–H and O–H groups in total. The van der Waals surface area contributed by atoms with Crippen molar-refractivity contribution < 1.29 is 4.79 Å². The van der Waals surface area contributed by atoms with Gasteiger partial charge in [0.15, 0.2) is 0 Å². The van der Waals surface area contributed by atoms with Gasteiger partial charge in [0.05, 0.1) is 11.4 Å². The summed E-state index contributed by atoms with van der Waals surface area (Å²) in [6.07, 6.45) is 2.73. The molecule has 0 saturated heterocycles. The second kappa shape index (κ2) is 9.53. The van der Waals surface area contributed by atoms with Gasteiger partial charge in [-0.15, -0.1) is 0 Å². The topological polar surface area (TPSA) is 59.0 Å². The van der Waals surface area contributed by atoms with E-state index in [4.69, 9.17) is 16.7 Å². The predicted molar refractivity (Wildman–Crippen MR) is 114 cm³/mol. The van der Waals surface area contributed by atoms with Gasteiger partial charge in [-0.3, -0.25) is 4.79 Å². The van der Waals surface area contributed by atoms with Gasteiger partial charge in [-0.2, -0.15) is 5.10 Å². The van der Waals surface area contributed by atoms with Crippen molar-refractivity contribution in [3.63, 3.8) is 0 Å². The minimum Gasteiger partial charge on any atom is -0.355 e. The van der Waals surface area contributed by atoms with E-state index in [1.807, 2.05) is 79.4 Å². The highest BCUT2D eigenvalue weighted by Gasteiger charge is 2.14. The van der Waals surface area contributed by atoms with Crippen molar-refractivity contribution in [2.75, 3.05) is 20.1 Å². The fourth-order valence-electron chi connectivity index (χ4n) is 3.05. The first-order chi connectivity index (χ1) is 13.6. The molecule has 1 heterocycles. The van der Waals surface area contributed by atoms with Crippen LogP contribution in [0.3, 0.4) is 0 Å². The molecular formula is C22H25ClN4O. The van der Waals surface area contributed by atoms with Crippen molar-refractivity contribution in [3.8, 4) is 16.9 Å². The number of amides is 1. The maximum Gasteiger partial charge on any atom is 0.224 e. The van der Waals surface area contributed by atoms with Gasteiger partial charge in [0.25, 0.3) is 0 Å². The molecule has 0 saturated carbocycles. The van der Waals surface area contributed by atoms with Crippen molar-refractivity contribution in [1.29, 1.82) is 0 Å². The number of hydrogen-bond donors (Lipinski definition) is 2. The summed E-state index contributed by atoms with van der Waals surface area (Å²) >= 11 is 6.04. The number of halogens is 1. The first-order valence-electron chi connectivity index (χ1n) is 9.40. The number of nitrogens with one attached hydrogen (secondary N) is 2. The van der Waals surface area contributed by atoms with Crippen LogP contribution in [-0.4, -0.2) is 35.8 Å². The Hall–Kier alpha value is -2.63. The maximum absolute atomic E-state index is 12.2. The van der Waals surface area contributed by atoms with Crippen LogP contribution in [0.4, 0.5) is 0 Å². The summed E-state index contributed by atoms with van der Waals surface area (Å²) in [4.78, 5) is 12.2. The van der Waals surface area contributed by atoms with Crippen LogP contribution in [-0.2, 0) is 11.2 Å². The number of carbonyl (C=O) groups is 1. The third-order valence-corrected chi connectivity index (χ3v) is 4.83. The second-order valence-electron chi connectivity index (χ2n) is 6.79. The van der Waals surface area contributed by atoms with E-state index >= 15 is 0 Å². The summed E-state index contributed by atoms with van der Waals surface area (Å²) in [5, 5.41) is 11.5. The number of carbonyl (C=O) groups excluding carboxylic acids is 1. The van der Waals surface area contributed by atoms with Crippen molar-refractivity contribution >= 4 is 17.5 Å². The summed E-state index contributed by atoms with van der Waals surface area (Å²) in [6, 6.07) is 17.7. The van der Waals surface area contributed by atoms with Crippen LogP contribution < -0.4 is 10.6 Å². The Bertz CT molecular complexity index is 906. The lowest BCUT2D eigenvalue weighted by atomic mass is 10.1. The molecular weight excluding hydrogens is 372 g/mol. The lowest BCUT2D eigenvalue weighted by molar-refractivity contribution is -0.124. The van der Waals surface area contributed by atoms with Gasteiger partial charge in [-0.05, 0) is 37.7 Å². The van der Waals surface area contributed by atoms with Gasteiger partial charge in [0.2, 0.25) is 5.91 Å². The summed E-state index contributed by atoms with van der Waals surface area (Å²) in [6.45, 7) is 3.14. The zero-order valence-electron chi connectivity index (χ0n) is 16.2. The van der Waals surface area contributed by atoms with Crippen LogP contribution in [0, 0.1) is 5.92 Å². The van der Waals surface area contributed by atoms with Crippen LogP contribution in [0.25, 0.3) is 16.9 Å². The summed E-state index contributed by atoms with van der Waals surface area (Å²) < 4.78 is 1.88. The van der Waals surface area contributed by atoms with E-state index in [0.29, 0.717) is 24.5 Å². The highest BCUT2D eigenvalue weighted by atomic mass is 35.5. The molecule has 0 aliphatic rings. The minimum absolute atomic E-state index is 0.0536. The molecule has 1 unspecified atom stereocenters. The van der Waals surface area contributed by atoms with Crippen LogP contribution >= 0.6 is 11.6 Å². The van der Waals surface area contributed by atoms with Crippen LogP contribution in [0.2, 0.25) is 5.02 Å². The van der Waals surface area contributed by atoms with Crippen LogP contribution in [0.5, 0.6) is 0 Å². The Kier molecular flexibility index (Phi) is 6.85. The lowest BCUT2D eigenvalue weighted by Gasteiger charge is -2.11. The molecule has 1 amide bonds. The lowest BCUT2D eigenvalue weighted by Crippen LogP contribution is -2.35. The zero-order chi connectivity index (χ0) is 19.9. The summed E-state index contributed by atoms with van der Waals surface area (Å²) in [7, 11) is 1.85. The minimum atomic E-state index is -0.0622. The van der Waals surface area contributed by atoms with E-state index in [1.165, 1.54) is 0 Å². The monoisotopic (exact) mass is 396 g/mol. The fraction of sp³-hybridized carbons (Fsp3) is 0.273. The van der Waals surface area contributed by atoms with Gasteiger partial charge in [0, 0.05) is 41.4 Å². The molecule has 0 radical (unpaired) electrons. The highest BCUT2D eigenvalue weighted by molar-refractivity contribution is 6.30. The summed E-state index contributed by atoms with van der Waals surface area (Å²) in [5.74, 6) is -0.00868. The average Bonchev–Trinajstić information content (AvgIpc) is 3.13.